The van der Waals surface area contributed by atoms with Gasteiger partial charge in [-0.25, -0.2) is 0 Å². The van der Waals surface area contributed by atoms with Gasteiger partial charge in [0, 0.05) is 19.1 Å². The molecular formula is C19H31Cl2N3O. The second-order valence-corrected chi connectivity index (χ2v) is 7.04. The van der Waals surface area contributed by atoms with Gasteiger partial charge in [0.25, 0.3) is 0 Å². The fourth-order valence-corrected chi connectivity index (χ4v) is 3.88. The Kier molecular flexibility index (Phi) is 9.22. The van der Waals surface area contributed by atoms with E-state index >= 15 is 0 Å². The first-order valence-electron chi connectivity index (χ1n) is 9.00. The SMILES string of the molecule is Cc1ccc(C(N)C(=O)N2CCCC(N3CCCC3)CC2)cc1.Cl.Cl. The highest BCUT2D eigenvalue weighted by molar-refractivity contribution is 5.85. The minimum atomic E-state index is -0.529. The molecule has 2 unspecified atom stereocenters. The lowest BCUT2D eigenvalue weighted by atomic mass is 10.0. The first-order valence-corrected chi connectivity index (χ1v) is 9.00. The van der Waals surface area contributed by atoms with Crippen LogP contribution in [0.3, 0.4) is 0 Å². The molecule has 0 spiro atoms. The lowest BCUT2D eigenvalue weighted by Crippen LogP contribution is -2.40. The van der Waals surface area contributed by atoms with Crippen LogP contribution in [-0.2, 0) is 4.79 Å². The van der Waals surface area contributed by atoms with Crippen molar-refractivity contribution in [3.05, 3.63) is 35.4 Å². The summed E-state index contributed by atoms with van der Waals surface area (Å²) in [5.74, 6) is 0.0796. The van der Waals surface area contributed by atoms with E-state index in [1.54, 1.807) is 0 Å². The molecule has 25 heavy (non-hydrogen) atoms. The van der Waals surface area contributed by atoms with E-state index in [1.165, 1.54) is 37.9 Å². The van der Waals surface area contributed by atoms with Crippen molar-refractivity contribution in [2.24, 2.45) is 5.73 Å². The molecule has 2 aliphatic heterocycles. The maximum atomic E-state index is 12.8. The number of nitrogens with two attached hydrogens (primary N) is 1. The Hall–Kier alpha value is -0.810. The van der Waals surface area contributed by atoms with Crippen LogP contribution in [0.25, 0.3) is 0 Å². The number of nitrogens with zero attached hydrogens (tertiary/aromatic N) is 2. The highest BCUT2D eigenvalue weighted by Gasteiger charge is 2.28. The molecule has 0 radical (unpaired) electrons. The monoisotopic (exact) mass is 387 g/mol. The molecule has 1 amide bonds. The fourth-order valence-electron chi connectivity index (χ4n) is 3.88. The van der Waals surface area contributed by atoms with Crippen LogP contribution in [0.4, 0.5) is 0 Å². The molecule has 4 nitrogen and oxygen atoms in total. The summed E-state index contributed by atoms with van der Waals surface area (Å²) in [5.41, 5.74) is 8.33. The first kappa shape index (κ1) is 22.2. The van der Waals surface area contributed by atoms with Crippen molar-refractivity contribution in [2.45, 2.75) is 51.1 Å². The molecule has 0 bridgehead atoms. The molecule has 1 aromatic carbocycles. The van der Waals surface area contributed by atoms with E-state index in [0.29, 0.717) is 6.04 Å². The third-order valence-electron chi connectivity index (χ3n) is 5.37. The Labute approximate surface area is 163 Å². The zero-order valence-corrected chi connectivity index (χ0v) is 16.7. The van der Waals surface area contributed by atoms with Crippen LogP contribution in [0, 0.1) is 6.92 Å². The molecule has 6 heteroatoms. The molecule has 2 N–H and O–H groups in total. The number of aryl methyl sites for hydroxylation is 1. The lowest BCUT2D eigenvalue weighted by molar-refractivity contribution is -0.132. The zero-order chi connectivity index (χ0) is 16.2. The van der Waals surface area contributed by atoms with Gasteiger partial charge in [-0.05, 0) is 57.7 Å². The van der Waals surface area contributed by atoms with Crippen molar-refractivity contribution in [3.8, 4) is 0 Å². The van der Waals surface area contributed by atoms with Gasteiger partial charge in [-0.1, -0.05) is 29.8 Å². The molecule has 1 aromatic rings. The maximum absolute atomic E-state index is 12.8. The van der Waals surface area contributed by atoms with Gasteiger partial charge in [-0.2, -0.15) is 0 Å². The fraction of sp³-hybridized carbons (Fsp3) is 0.632. The number of benzene rings is 1. The average Bonchev–Trinajstić information content (AvgIpc) is 2.99. The number of carbonyl (C=O) groups excluding carboxylic acids is 1. The van der Waals surface area contributed by atoms with Crippen LogP contribution in [0.1, 0.15) is 49.3 Å². The summed E-state index contributed by atoms with van der Waals surface area (Å²) in [6.45, 7) is 6.22. The van der Waals surface area contributed by atoms with Gasteiger partial charge >= 0.3 is 0 Å². The smallest absolute Gasteiger partial charge is 0.244 e. The number of amides is 1. The Balaban J connectivity index is 0.00000156. The Morgan fingerprint density at radius 2 is 1.64 bits per heavy atom. The van der Waals surface area contributed by atoms with Crippen molar-refractivity contribution < 1.29 is 4.79 Å². The van der Waals surface area contributed by atoms with Gasteiger partial charge in [-0.3, -0.25) is 4.79 Å². The molecule has 2 atom stereocenters. The molecular weight excluding hydrogens is 357 g/mol. The van der Waals surface area contributed by atoms with Crippen LogP contribution in [0.2, 0.25) is 0 Å². The third kappa shape index (κ3) is 5.58. The van der Waals surface area contributed by atoms with E-state index in [-0.39, 0.29) is 30.7 Å². The second-order valence-electron chi connectivity index (χ2n) is 7.04. The van der Waals surface area contributed by atoms with Gasteiger partial charge in [0.2, 0.25) is 5.91 Å². The summed E-state index contributed by atoms with van der Waals surface area (Å²) in [7, 11) is 0. The van der Waals surface area contributed by atoms with E-state index in [2.05, 4.69) is 4.90 Å². The largest absolute Gasteiger partial charge is 0.341 e. The zero-order valence-electron chi connectivity index (χ0n) is 15.0. The number of carbonyl (C=O) groups is 1. The molecule has 0 saturated carbocycles. The molecule has 0 aliphatic carbocycles. The summed E-state index contributed by atoms with van der Waals surface area (Å²) in [4.78, 5) is 17.4. The predicted octanol–water partition coefficient (Wildman–Crippen LogP) is 3.32. The minimum Gasteiger partial charge on any atom is -0.341 e. The number of halogens is 2. The topological polar surface area (TPSA) is 49.6 Å². The van der Waals surface area contributed by atoms with Crippen LogP contribution in [-0.4, -0.2) is 47.9 Å². The van der Waals surface area contributed by atoms with Crippen molar-refractivity contribution in [2.75, 3.05) is 26.2 Å². The number of hydrogen-bond donors (Lipinski definition) is 1. The first-order chi connectivity index (χ1) is 11.1. The minimum absolute atomic E-state index is 0. The molecule has 2 fully saturated rings. The quantitative estimate of drug-likeness (QED) is 0.864. The molecule has 2 heterocycles. The van der Waals surface area contributed by atoms with Crippen molar-refractivity contribution in [1.82, 2.24) is 9.80 Å². The van der Waals surface area contributed by atoms with Crippen molar-refractivity contribution in [1.29, 1.82) is 0 Å². The second kappa shape index (κ2) is 10.4. The van der Waals surface area contributed by atoms with E-state index < -0.39 is 6.04 Å². The molecule has 2 saturated heterocycles. The van der Waals surface area contributed by atoms with Crippen LogP contribution < -0.4 is 5.73 Å². The van der Waals surface area contributed by atoms with E-state index in [0.717, 1.165) is 31.5 Å². The highest BCUT2D eigenvalue weighted by Crippen LogP contribution is 2.23. The van der Waals surface area contributed by atoms with Gasteiger partial charge in [0.15, 0.2) is 0 Å². The Morgan fingerprint density at radius 1 is 1.00 bits per heavy atom. The van der Waals surface area contributed by atoms with Gasteiger partial charge in [-0.15, -0.1) is 24.8 Å². The summed E-state index contributed by atoms with van der Waals surface area (Å²) >= 11 is 0. The lowest BCUT2D eigenvalue weighted by Gasteiger charge is -2.27. The van der Waals surface area contributed by atoms with Crippen molar-refractivity contribution >= 4 is 30.7 Å². The number of likely N-dealkylation sites (tertiary alicyclic amines) is 2. The van der Waals surface area contributed by atoms with Crippen LogP contribution >= 0.6 is 24.8 Å². The Bertz CT molecular complexity index is 532. The molecule has 0 aromatic heterocycles. The van der Waals surface area contributed by atoms with Crippen LogP contribution in [0.5, 0.6) is 0 Å². The summed E-state index contributed by atoms with van der Waals surface area (Å²) in [5, 5.41) is 0. The average molecular weight is 388 g/mol. The van der Waals surface area contributed by atoms with Crippen LogP contribution in [0.15, 0.2) is 24.3 Å². The highest BCUT2D eigenvalue weighted by atomic mass is 35.5. The molecule has 3 rings (SSSR count). The summed E-state index contributed by atoms with van der Waals surface area (Å²) < 4.78 is 0. The van der Waals surface area contributed by atoms with E-state index in [9.17, 15) is 4.79 Å². The maximum Gasteiger partial charge on any atom is 0.244 e. The third-order valence-corrected chi connectivity index (χ3v) is 5.37. The van der Waals surface area contributed by atoms with E-state index in [1.807, 2.05) is 36.1 Å². The van der Waals surface area contributed by atoms with E-state index in [4.69, 9.17) is 5.73 Å². The predicted molar refractivity (Wildman–Crippen MR) is 108 cm³/mol. The number of hydrogen-bond acceptors (Lipinski definition) is 3. The summed E-state index contributed by atoms with van der Waals surface area (Å²) in [6.07, 6.45) is 6.05. The molecule has 2 aliphatic rings. The van der Waals surface area contributed by atoms with Crippen molar-refractivity contribution in [3.63, 3.8) is 0 Å². The molecule has 142 valence electrons. The van der Waals surface area contributed by atoms with Gasteiger partial charge < -0.3 is 15.5 Å². The van der Waals surface area contributed by atoms with Gasteiger partial charge in [0.05, 0.1) is 0 Å². The van der Waals surface area contributed by atoms with Gasteiger partial charge in [0.1, 0.15) is 6.04 Å². The Morgan fingerprint density at radius 3 is 2.28 bits per heavy atom. The summed E-state index contributed by atoms with van der Waals surface area (Å²) in [6, 6.07) is 8.12. The standard InChI is InChI=1S/C19H29N3O.2ClH/c1-15-6-8-16(9-7-15)18(20)19(23)22-13-4-5-17(10-14-22)21-11-2-3-12-21;;/h6-9,17-18H,2-5,10-14,20H2,1H3;2*1H. The number of rotatable bonds is 3. The normalized spacial score (nSPS) is 22.5.